The Labute approximate surface area is 68.7 Å². The third kappa shape index (κ3) is 3.63. The van der Waals surface area contributed by atoms with Crippen molar-refractivity contribution in [1.82, 2.24) is 0 Å². The summed E-state index contributed by atoms with van der Waals surface area (Å²) >= 11 is 0. The summed E-state index contributed by atoms with van der Waals surface area (Å²) in [5.41, 5.74) is 0. The number of rotatable bonds is 5. The van der Waals surface area contributed by atoms with Crippen LogP contribution < -0.4 is 5.11 Å². The van der Waals surface area contributed by atoms with E-state index in [2.05, 4.69) is 0 Å². The lowest BCUT2D eigenvalue weighted by Gasteiger charge is -2.19. The fourth-order valence-corrected chi connectivity index (χ4v) is 0.604. The van der Waals surface area contributed by atoms with E-state index in [1.165, 1.54) is 0 Å². The van der Waals surface area contributed by atoms with Crippen molar-refractivity contribution in [2.24, 2.45) is 0 Å². The van der Waals surface area contributed by atoms with Crippen LogP contribution in [0.25, 0.3) is 0 Å². The molecule has 0 aliphatic heterocycles. The quantitative estimate of drug-likeness (QED) is 0.343. The molecule has 0 saturated carbocycles. The molecule has 0 aliphatic carbocycles. The van der Waals surface area contributed by atoms with Gasteiger partial charge < -0.3 is 30.3 Å². The second kappa shape index (κ2) is 5.04. The summed E-state index contributed by atoms with van der Waals surface area (Å²) in [7, 11) is 0. The van der Waals surface area contributed by atoms with Gasteiger partial charge in [0.1, 0.15) is 6.10 Å². The van der Waals surface area contributed by atoms with Gasteiger partial charge in [0.05, 0.1) is 24.8 Å². The molecule has 6 nitrogen and oxygen atoms in total. The van der Waals surface area contributed by atoms with Crippen molar-refractivity contribution in [3.63, 3.8) is 0 Å². The zero-order valence-corrected chi connectivity index (χ0v) is 6.25. The van der Waals surface area contributed by atoms with E-state index in [1.807, 2.05) is 0 Å². The number of aliphatic carboxylic acids is 1. The van der Waals surface area contributed by atoms with Gasteiger partial charge in [0.15, 0.2) is 0 Å². The maximum Gasteiger partial charge on any atom is 0.103 e. The molecule has 0 aromatic rings. The van der Waals surface area contributed by atoms with E-state index in [9.17, 15) is 9.90 Å². The highest BCUT2D eigenvalue weighted by molar-refractivity contribution is 5.69. The van der Waals surface area contributed by atoms with Crippen LogP contribution in [0.1, 0.15) is 6.42 Å². The zero-order valence-electron chi connectivity index (χ0n) is 6.25. The summed E-state index contributed by atoms with van der Waals surface area (Å²) in [6.45, 7) is -0.694. The summed E-state index contributed by atoms with van der Waals surface area (Å²) in [6, 6.07) is 0. The van der Waals surface area contributed by atoms with Gasteiger partial charge in [-0.2, -0.15) is 0 Å². The highest BCUT2D eigenvalue weighted by Crippen LogP contribution is 2.02. The van der Waals surface area contributed by atoms with Crippen LogP contribution in [0, 0.1) is 0 Å². The molecule has 0 aromatic heterocycles. The van der Waals surface area contributed by atoms with Crippen LogP contribution in [-0.2, 0) is 4.79 Å². The first kappa shape index (κ1) is 11.3. The first-order valence-corrected chi connectivity index (χ1v) is 3.35. The van der Waals surface area contributed by atoms with Crippen molar-refractivity contribution in [3.05, 3.63) is 0 Å². The Morgan fingerprint density at radius 1 is 1.25 bits per heavy atom. The Morgan fingerprint density at radius 2 is 1.75 bits per heavy atom. The van der Waals surface area contributed by atoms with Crippen molar-refractivity contribution in [2.45, 2.75) is 24.7 Å². The van der Waals surface area contributed by atoms with Gasteiger partial charge in [-0.25, -0.2) is 0 Å². The van der Waals surface area contributed by atoms with E-state index in [1.54, 1.807) is 0 Å². The van der Waals surface area contributed by atoms with Crippen molar-refractivity contribution >= 4 is 5.97 Å². The molecule has 0 spiro atoms. The maximum atomic E-state index is 9.93. The van der Waals surface area contributed by atoms with Crippen molar-refractivity contribution in [2.75, 3.05) is 6.61 Å². The molecule has 0 rings (SSSR count). The fraction of sp³-hybridized carbons (Fsp3) is 0.833. The number of carboxylic acids is 1. The first-order valence-electron chi connectivity index (χ1n) is 3.35. The highest BCUT2D eigenvalue weighted by atomic mass is 16.4. The molecule has 12 heavy (non-hydrogen) atoms. The van der Waals surface area contributed by atoms with Gasteiger partial charge in [0.2, 0.25) is 0 Å². The molecular formula is C6H11O6-. The Hall–Kier alpha value is -0.690. The Morgan fingerprint density at radius 3 is 2.08 bits per heavy atom. The smallest absolute Gasteiger partial charge is 0.103 e. The Bertz CT molecular complexity index is 147. The van der Waals surface area contributed by atoms with Gasteiger partial charge in [-0.1, -0.05) is 0 Å². The van der Waals surface area contributed by atoms with E-state index in [0.29, 0.717) is 0 Å². The van der Waals surface area contributed by atoms with Crippen molar-refractivity contribution in [1.29, 1.82) is 0 Å². The van der Waals surface area contributed by atoms with Crippen LogP contribution in [-0.4, -0.2) is 51.3 Å². The largest absolute Gasteiger partial charge is 0.547 e. The second-order valence-corrected chi connectivity index (χ2v) is 2.39. The minimum atomic E-state index is -1.83. The SMILES string of the molecule is O=C([O-])[C@@H](O)C[C@H](O)[C@@H](O)CO. The number of carbonyl (C=O) groups excluding carboxylic acids is 1. The molecule has 0 aliphatic rings. The van der Waals surface area contributed by atoms with Gasteiger partial charge in [-0.05, 0) is 0 Å². The average molecular weight is 179 g/mol. The number of carboxylic acid groups (broad SMARTS) is 1. The van der Waals surface area contributed by atoms with Crippen LogP contribution in [0.4, 0.5) is 0 Å². The molecule has 0 unspecified atom stereocenters. The molecule has 4 N–H and O–H groups in total. The summed E-state index contributed by atoms with van der Waals surface area (Å²) in [4.78, 5) is 9.93. The molecule has 0 amide bonds. The van der Waals surface area contributed by atoms with Gasteiger partial charge in [-0.15, -0.1) is 0 Å². The normalized spacial score (nSPS) is 18.3. The molecular weight excluding hydrogens is 168 g/mol. The molecule has 0 saturated heterocycles. The molecule has 0 aromatic carbocycles. The van der Waals surface area contributed by atoms with Crippen LogP contribution in [0.5, 0.6) is 0 Å². The fourth-order valence-electron chi connectivity index (χ4n) is 0.604. The summed E-state index contributed by atoms with van der Waals surface area (Å²) in [5.74, 6) is -1.72. The van der Waals surface area contributed by atoms with Gasteiger partial charge in [0.25, 0.3) is 0 Å². The van der Waals surface area contributed by atoms with E-state index in [-0.39, 0.29) is 0 Å². The lowest BCUT2D eigenvalue weighted by atomic mass is 10.1. The Balaban J connectivity index is 3.83. The number of hydrogen-bond donors (Lipinski definition) is 4. The van der Waals surface area contributed by atoms with Gasteiger partial charge >= 0.3 is 0 Å². The minimum absolute atomic E-state index is 0.565. The molecule has 6 heteroatoms. The summed E-state index contributed by atoms with van der Waals surface area (Å²) in [5, 5.41) is 44.5. The molecule has 72 valence electrons. The van der Waals surface area contributed by atoms with Crippen molar-refractivity contribution < 1.29 is 30.3 Å². The van der Waals surface area contributed by atoms with Crippen LogP contribution >= 0.6 is 0 Å². The number of carbonyl (C=O) groups is 1. The van der Waals surface area contributed by atoms with Gasteiger partial charge in [0, 0.05) is 6.42 Å². The van der Waals surface area contributed by atoms with Crippen LogP contribution in [0.15, 0.2) is 0 Å². The first-order chi connectivity index (χ1) is 5.49. The van der Waals surface area contributed by atoms with Gasteiger partial charge in [-0.3, -0.25) is 0 Å². The number of aliphatic hydroxyl groups is 4. The monoisotopic (exact) mass is 179 g/mol. The van der Waals surface area contributed by atoms with E-state index in [4.69, 9.17) is 20.4 Å². The molecule has 0 bridgehead atoms. The molecule has 0 heterocycles. The third-order valence-electron chi connectivity index (χ3n) is 1.37. The lowest BCUT2D eigenvalue weighted by Crippen LogP contribution is -2.41. The number of hydrogen-bond acceptors (Lipinski definition) is 6. The van der Waals surface area contributed by atoms with E-state index < -0.39 is 37.3 Å². The third-order valence-corrected chi connectivity index (χ3v) is 1.37. The predicted octanol–water partition coefficient (Wildman–Crippen LogP) is -3.80. The van der Waals surface area contributed by atoms with Crippen molar-refractivity contribution in [3.8, 4) is 0 Å². The molecule has 0 radical (unpaired) electrons. The zero-order chi connectivity index (χ0) is 9.72. The topological polar surface area (TPSA) is 121 Å². The second-order valence-electron chi connectivity index (χ2n) is 2.39. The van der Waals surface area contributed by atoms with E-state index >= 15 is 0 Å². The Kier molecular flexibility index (Phi) is 4.75. The lowest BCUT2D eigenvalue weighted by molar-refractivity contribution is -0.316. The molecule has 0 fully saturated rings. The maximum absolute atomic E-state index is 9.93. The summed E-state index contributed by atoms with van der Waals surface area (Å²) < 4.78 is 0. The van der Waals surface area contributed by atoms with E-state index in [0.717, 1.165) is 0 Å². The predicted molar refractivity (Wildman–Crippen MR) is 34.7 cm³/mol. The molecule has 3 atom stereocenters. The summed E-state index contributed by atoms with van der Waals surface area (Å²) in [6.07, 6.45) is -5.31. The average Bonchev–Trinajstić information content (AvgIpc) is 2.02. The van der Waals surface area contributed by atoms with Crippen LogP contribution in [0.2, 0.25) is 0 Å². The standard InChI is InChI=1S/C6H12O6/c7-2-5(10)3(8)1-4(9)6(11)12/h3-5,7-10H,1-2H2,(H,11,12)/p-1/t3-,4-,5-/m0/s1. The minimum Gasteiger partial charge on any atom is -0.547 e. The highest BCUT2D eigenvalue weighted by Gasteiger charge is 2.19. The number of aliphatic hydroxyl groups excluding tert-OH is 4. The van der Waals surface area contributed by atoms with Crippen LogP contribution in [0.3, 0.4) is 0 Å².